The van der Waals surface area contributed by atoms with Gasteiger partial charge >= 0.3 is 0 Å². The van der Waals surface area contributed by atoms with Gasteiger partial charge in [0.15, 0.2) is 0 Å². The van der Waals surface area contributed by atoms with Crippen LogP contribution in [0.1, 0.15) is 68.4 Å². The molecule has 1 aromatic rings. The molecule has 1 nitrogen and oxygen atoms in total. The van der Waals surface area contributed by atoms with Gasteiger partial charge in [-0.3, -0.25) is 0 Å². The summed E-state index contributed by atoms with van der Waals surface area (Å²) in [5.41, 5.74) is 3.18. The molecule has 1 saturated carbocycles. The number of hydrogen-bond donors (Lipinski definition) is 0. The van der Waals surface area contributed by atoms with Crippen molar-refractivity contribution in [2.45, 2.75) is 63.7 Å². The number of aryl methyl sites for hydroxylation is 1. The van der Waals surface area contributed by atoms with Gasteiger partial charge in [-0.15, -0.1) is 13.2 Å². The first kappa shape index (κ1) is 21.8. The molecule has 0 amide bonds. The second-order valence-corrected chi connectivity index (χ2v) is 8.95. The average Bonchev–Trinajstić information content (AvgIpc) is 2.78. The lowest BCUT2D eigenvalue weighted by molar-refractivity contribution is 0.0808. The minimum Gasteiger partial charge on any atom is -0.376 e. The second kappa shape index (κ2) is 11.4. The zero-order chi connectivity index (χ0) is 20.4. The number of unbranched alkanes of at least 4 members (excludes halogenated alkanes) is 1. The minimum absolute atomic E-state index is 0.173. The van der Waals surface area contributed by atoms with Crippen LogP contribution in [0.2, 0.25) is 0 Å². The predicted octanol–water partition coefficient (Wildman–Crippen LogP) is 7.56. The van der Waals surface area contributed by atoms with Crippen molar-refractivity contribution < 1.29 is 4.74 Å². The summed E-state index contributed by atoms with van der Waals surface area (Å²) in [7, 11) is 0. The zero-order valence-electron chi connectivity index (χ0n) is 18.0. The van der Waals surface area contributed by atoms with E-state index in [9.17, 15) is 0 Å². The van der Waals surface area contributed by atoms with Crippen LogP contribution >= 0.6 is 0 Å². The molecule has 0 bridgehead atoms. The number of allylic oxidation sites excluding steroid dienone is 4. The molecule has 0 aromatic heterocycles. The molecule has 1 aromatic carbocycles. The third kappa shape index (κ3) is 6.57. The van der Waals surface area contributed by atoms with Crippen LogP contribution in [0.5, 0.6) is 0 Å². The maximum absolute atomic E-state index is 5.82. The molecule has 1 heteroatoms. The van der Waals surface area contributed by atoms with Crippen molar-refractivity contribution in [3.05, 3.63) is 85.0 Å². The topological polar surface area (TPSA) is 9.23 Å². The van der Waals surface area contributed by atoms with Crippen molar-refractivity contribution in [3.63, 3.8) is 0 Å². The van der Waals surface area contributed by atoms with Gasteiger partial charge in [0.1, 0.15) is 0 Å². The van der Waals surface area contributed by atoms with Crippen LogP contribution < -0.4 is 0 Å². The lowest BCUT2D eigenvalue weighted by Crippen LogP contribution is -2.25. The Labute approximate surface area is 178 Å². The quantitative estimate of drug-likeness (QED) is 0.280. The molecular formula is C28H38O. The van der Waals surface area contributed by atoms with Crippen LogP contribution in [0.15, 0.2) is 73.9 Å². The Hall–Kier alpha value is -1.86. The molecule has 2 aliphatic carbocycles. The van der Waals surface area contributed by atoms with Crippen LogP contribution in [-0.2, 0) is 11.2 Å². The number of hydrogen-bond acceptors (Lipinski definition) is 1. The first-order valence-electron chi connectivity index (χ1n) is 11.5. The van der Waals surface area contributed by atoms with Gasteiger partial charge in [0, 0.05) is 5.41 Å². The summed E-state index contributed by atoms with van der Waals surface area (Å²) in [6.45, 7) is 9.16. The highest BCUT2D eigenvalue weighted by atomic mass is 16.5. The fourth-order valence-electron chi connectivity index (χ4n) is 4.87. The van der Waals surface area contributed by atoms with Crippen LogP contribution in [0, 0.1) is 11.3 Å². The fraction of sp³-hybridized carbons (Fsp3) is 0.500. The maximum atomic E-state index is 5.82. The highest BCUT2D eigenvalue weighted by Gasteiger charge is 2.27. The van der Waals surface area contributed by atoms with Crippen molar-refractivity contribution in [2.75, 3.05) is 13.2 Å². The third-order valence-electron chi connectivity index (χ3n) is 6.79. The molecule has 0 aliphatic heterocycles. The van der Waals surface area contributed by atoms with Crippen molar-refractivity contribution in [1.82, 2.24) is 0 Å². The number of benzene rings is 1. The summed E-state index contributed by atoms with van der Waals surface area (Å²) in [6.07, 6.45) is 24.1. The average molecular weight is 391 g/mol. The molecule has 0 heterocycles. The van der Waals surface area contributed by atoms with Gasteiger partial charge in [-0.05, 0) is 74.3 Å². The van der Waals surface area contributed by atoms with E-state index in [1.54, 1.807) is 0 Å². The fourth-order valence-corrected chi connectivity index (χ4v) is 4.87. The van der Waals surface area contributed by atoms with Gasteiger partial charge < -0.3 is 4.74 Å². The monoisotopic (exact) mass is 390 g/mol. The van der Waals surface area contributed by atoms with Crippen LogP contribution in [0.4, 0.5) is 0 Å². The summed E-state index contributed by atoms with van der Waals surface area (Å²) in [4.78, 5) is 0. The smallest absolute Gasteiger partial charge is 0.0645 e. The van der Waals surface area contributed by atoms with Gasteiger partial charge in [0.05, 0.1) is 13.2 Å². The van der Waals surface area contributed by atoms with E-state index >= 15 is 0 Å². The molecule has 29 heavy (non-hydrogen) atoms. The zero-order valence-corrected chi connectivity index (χ0v) is 18.0. The number of rotatable bonds is 11. The molecule has 3 rings (SSSR count). The highest BCUT2D eigenvalue weighted by Crippen LogP contribution is 2.36. The summed E-state index contributed by atoms with van der Waals surface area (Å²) in [6, 6.07) is 9.49. The summed E-state index contributed by atoms with van der Waals surface area (Å²) in [5.74, 6) is 1.49. The van der Waals surface area contributed by atoms with E-state index in [1.807, 2.05) is 6.08 Å². The van der Waals surface area contributed by atoms with E-state index in [0.717, 1.165) is 24.9 Å². The SMILES string of the molecule is C=CCOCC1(CCCCc2ccc([C@H]3CC[C@H](C=C)CC3)cc2)C=CC=CC1. The van der Waals surface area contributed by atoms with E-state index in [4.69, 9.17) is 4.74 Å². The first-order chi connectivity index (χ1) is 14.2. The molecule has 1 fully saturated rings. The van der Waals surface area contributed by atoms with Crippen LogP contribution in [-0.4, -0.2) is 13.2 Å². The van der Waals surface area contributed by atoms with Crippen LogP contribution in [0.3, 0.4) is 0 Å². The molecule has 1 unspecified atom stereocenters. The van der Waals surface area contributed by atoms with Crippen LogP contribution in [0.25, 0.3) is 0 Å². The van der Waals surface area contributed by atoms with E-state index in [2.05, 4.69) is 67.8 Å². The van der Waals surface area contributed by atoms with E-state index in [1.165, 1.54) is 62.5 Å². The molecular weight excluding hydrogens is 352 g/mol. The second-order valence-electron chi connectivity index (χ2n) is 8.95. The van der Waals surface area contributed by atoms with E-state index in [-0.39, 0.29) is 5.41 Å². The highest BCUT2D eigenvalue weighted by molar-refractivity contribution is 5.26. The summed E-state index contributed by atoms with van der Waals surface area (Å²) in [5, 5.41) is 0. The van der Waals surface area contributed by atoms with Crippen molar-refractivity contribution in [2.24, 2.45) is 11.3 Å². The van der Waals surface area contributed by atoms with Gasteiger partial charge in [-0.2, -0.15) is 0 Å². The minimum atomic E-state index is 0.173. The standard InChI is InChI=1S/C28H38O/c1-3-22-29-23-28(19-7-5-8-20-28)21-9-6-10-25-13-17-27(18-14-25)26-15-11-24(4-2)12-16-26/h3-5,7-8,13-14,17-19,24,26H,1-2,6,9-12,15-16,20-23H2/t24-,26-,28?. The number of ether oxygens (including phenoxy) is 1. The Kier molecular flexibility index (Phi) is 8.55. The van der Waals surface area contributed by atoms with E-state index < -0.39 is 0 Å². The van der Waals surface area contributed by atoms with Crippen molar-refractivity contribution >= 4 is 0 Å². The summed E-state index contributed by atoms with van der Waals surface area (Å²) < 4.78 is 5.82. The molecule has 2 aliphatic rings. The molecule has 0 spiro atoms. The van der Waals surface area contributed by atoms with Gasteiger partial charge in [-0.1, -0.05) is 67.1 Å². The lowest BCUT2D eigenvalue weighted by atomic mass is 9.77. The van der Waals surface area contributed by atoms with E-state index in [0.29, 0.717) is 6.61 Å². The predicted molar refractivity (Wildman–Crippen MR) is 125 cm³/mol. The van der Waals surface area contributed by atoms with Crippen molar-refractivity contribution in [3.8, 4) is 0 Å². The Bertz CT molecular complexity index is 688. The summed E-state index contributed by atoms with van der Waals surface area (Å²) >= 11 is 0. The Balaban J connectivity index is 1.43. The van der Waals surface area contributed by atoms with Gasteiger partial charge in [0.25, 0.3) is 0 Å². The van der Waals surface area contributed by atoms with Gasteiger partial charge in [0.2, 0.25) is 0 Å². The molecule has 0 N–H and O–H groups in total. The maximum Gasteiger partial charge on any atom is 0.0645 e. The first-order valence-corrected chi connectivity index (χ1v) is 11.5. The molecule has 0 saturated heterocycles. The molecule has 0 radical (unpaired) electrons. The largest absolute Gasteiger partial charge is 0.376 e. The Morgan fingerprint density at radius 3 is 2.45 bits per heavy atom. The Morgan fingerprint density at radius 1 is 1.00 bits per heavy atom. The van der Waals surface area contributed by atoms with Crippen molar-refractivity contribution in [1.29, 1.82) is 0 Å². The van der Waals surface area contributed by atoms with Gasteiger partial charge in [-0.25, -0.2) is 0 Å². The lowest BCUT2D eigenvalue weighted by Gasteiger charge is -2.31. The third-order valence-corrected chi connectivity index (χ3v) is 6.79. The normalized spacial score (nSPS) is 26.3. The molecule has 156 valence electrons. The molecule has 1 atom stereocenters. The Morgan fingerprint density at radius 2 is 1.79 bits per heavy atom.